The lowest BCUT2D eigenvalue weighted by Crippen LogP contribution is -2.13. The highest BCUT2D eigenvalue weighted by molar-refractivity contribution is 6.04. The molecule has 3 unspecified atom stereocenters. The number of fused-ring (bicyclic) bond motifs is 1. The fourth-order valence-corrected chi connectivity index (χ4v) is 1.75. The van der Waals surface area contributed by atoms with E-state index in [9.17, 15) is 9.59 Å². The fraction of sp³-hybridized carbons (Fsp3) is 0.714. The van der Waals surface area contributed by atoms with Gasteiger partial charge in [0.1, 0.15) is 0 Å². The fourth-order valence-electron chi connectivity index (χ4n) is 1.75. The number of rotatable bonds is 0. The van der Waals surface area contributed by atoms with E-state index in [0.29, 0.717) is 0 Å². The Morgan fingerprint density at radius 2 is 2.10 bits per heavy atom. The number of esters is 2. The molecule has 10 heavy (non-hydrogen) atoms. The molecule has 2 rings (SSSR count). The predicted octanol–water partition coefficient (Wildman–Crippen LogP) is 0.342. The van der Waals surface area contributed by atoms with Crippen LogP contribution in [0.1, 0.15) is 13.8 Å². The topological polar surface area (TPSA) is 43.4 Å². The molecule has 0 aromatic rings. The minimum absolute atomic E-state index is 0.139. The standard InChI is InChI=1S/C7H8O3/c1-3-4-5(8)10-6(9)7(3,4)2/h3-4H,1-2H3. The second-order valence-corrected chi connectivity index (χ2v) is 3.26. The van der Waals surface area contributed by atoms with Gasteiger partial charge in [-0.3, -0.25) is 9.59 Å². The van der Waals surface area contributed by atoms with Crippen molar-refractivity contribution in [3.8, 4) is 0 Å². The van der Waals surface area contributed by atoms with Crippen molar-refractivity contribution in [1.29, 1.82) is 0 Å². The average molecular weight is 140 g/mol. The molecular weight excluding hydrogens is 132 g/mol. The maximum Gasteiger partial charge on any atom is 0.320 e. The summed E-state index contributed by atoms with van der Waals surface area (Å²) in [4.78, 5) is 21.7. The first-order valence-corrected chi connectivity index (χ1v) is 3.34. The van der Waals surface area contributed by atoms with Gasteiger partial charge in [0.25, 0.3) is 0 Å². The number of hydrogen-bond acceptors (Lipinski definition) is 3. The van der Waals surface area contributed by atoms with Crippen LogP contribution in [0.3, 0.4) is 0 Å². The summed E-state index contributed by atoms with van der Waals surface area (Å²) in [5, 5.41) is 0. The molecule has 3 nitrogen and oxygen atoms in total. The summed E-state index contributed by atoms with van der Waals surface area (Å²) in [5.74, 6) is -0.615. The monoisotopic (exact) mass is 140 g/mol. The van der Waals surface area contributed by atoms with E-state index >= 15 is 0 Å². The lowest BCUT2D eigenvalue weighted by Gasteiger charge is -2.00. The minimum atomic E-state index is -0.461. The van der Waals surface area contributed by atoms with Crippen LogP contribution in [0, 0.1) is 17.3 Å². The summed E-state index contributed by atoms with van der Waals surface area (Å²) in [6, 6.07) is 0. The Kier molecular flexibility index (Phi) is 0.743. The first kappa shape index (κ1) is 5.89. The summed E-state index contributed by atoms with van der Waals surface area (Å²) in [6.07, 6.45) is 0. The van der Waals surface area contributed by atoms with Gasteiger partial charge in [0, 0.05) is 0 Å². The summed E-state index contributed by atoms with van der Waals surface area (Å²) in [5.41, 5.74) is -0.461. The zero-order valence-corrected chi connectivity index (χ0v) is 5.88. The van der Waals surface area contributed by atoms with Crippen LogP contribution in [0.5, 0.6) is 0 Å². The van der Waals surface area contributed by atoms with Crippen LogP contribution >= 0.6 is 0 Å². The first-order chi connectivity index (χ1) is 4.58. The van der Waals surface area contributed by atoms with Crippen LogP contribution in [0.15, 0.2) is 0 Å². The number of cyclic esters (lactones) is 2. The van der Waals surface area contributed by atoms with Gasteiger partial charge in [0.05, 0.1) is 11.3 Å². The van der Waals surface area contributed by atoms with Crippen LogP contribution in [0.4, 0.5) is 0 Å². The van der Waals surface area contributed by atoms with Crippen molar-refractivity contribution in [2.75, 3.05) is 0 Å². The van der Waals surface area contributed by atoms with Gasteiger partial charge in [-0.15, -0.1) is 0 Å². The smallest absolute Gasteiger partial charge is 0.320 e. The molecular formula is C7H8O3. The SMILES string of the molecule is CC1C2C(=O)OC(=O)C12C. The molecule has 0 bridgehead atoms. The van der Waals surface area contributed by atoms with Gasteiger partial charge in [-0.2, -0.15) is 0 Å². The number of carbonyl (C=O) groups is 2. The Balaban J connectivity index is 2.40. The van der Waals surface area contributed by atoms with Gasteiger partial charge >= 0.3 is 11.9 Å². The number of ether oxygens (including phenoxy) is 1. The van der Waals surface area contributed by atoms with E-state index in [1.165, 1.54) is 0 Å². The normalized spacial score (nSPS) is 50.6. The van der Waals surface area contributed by atoms with Gasteiger partial charge in [0.2, 0.25) is 0 Å². The molecule has 2 fully saturated rings. The molecule has 3 atom stereocenters. The zero-order valence-electron chi connectivity index (χ0n) is 5.88. The highest BCUT2D eigenvalue weighted by atomic mass is 16.6. The molecule has 0 aromatic carbocycles. The first-order valence-electron chi connectivity index (χ1n) is 3.34. The minimum Gasteiger partial charge on any atom is -0.392 e. The van der Waals surface area contributed by atoms with Crippen molar-refractivity contribution in [3.05, 3.63) is 0 Å². The molecule has 1 saturated heterocycles. The maximum absolute atomic E-state index is 10.9. The lowest BCUT2D eigenvalue weighted by atomic mass is 10.1. The van der Waals surface area contributed by atoms with Crippen molar-refractivity contribution in [2.45, 2.75) is 13.8 Å². The van der Waals surface area contributed by atoms with Gasteiger partial charge < -0.3 is 4.74 Å². The highest BCUT2D eigenvalue weighted by Gasteiger charge is 2.74. The maximum atomic E-state index is 10.9. The van der Waals surface area contributed by atoms with Crippen molar-refractivity contribution in [1.82, 2.24) is 0 Å². The number of hydrogen-bond donors (Lipinski definition) is 0. The van der Waals surface area contributed by atoms with Crippen molar-refractivity contribution in [2.24, 2.45) is 17.3 Å². The Morgan fingerprint density at radius 1 is 1.50 bits per heavy atom. The van der Waals surface area contributed by atoms with Crippen molar-refractivity contribution >= 4 is 11.9 Å². The van der Waals surface area contributed by atoms with Crippen LogP contribution in [-0.2, 0) is 14.3 Å². The molecule has 2 aliphatic rings. The van der Waals surface area contributed by atoms with Gasteiger partial charge in [-0.05, 0) is 12.8 Å². The third-order valence-electron chi connectivity index (χ3n) is 2.87. The largest absolute Gasteiger partial charge is 0.392 e. The second kappa shape index (κ2) is 1.26. The van der Waals surface area contributed by atoms with E-state index in [-0.39, 0.29) is 23.8 Å². The zero-order chi connectivity index (χ0) is 7.52. The molecule has 0 radical (unpaired) electrons. The Labute approximate surface area is 58.4 Å². The molecule has 0 aromatic heterocycles. The molecule has 1 heterocycles. The summed E-state index contributed by atoms with van der Waals surface area (Å²) < 4.78 is 4.42. The molecule has 0 N–H and O–H groups in total. The van der Waals surface area contributed by atoms with Gasteiger partial charge in [-0.1, -0.05) is 6.92 Å². The average Bonchev–Trinajstić information content (AvgIpc) is 2.28. The van der Waals surface area contributed by atoms with Crippen LogP contribution in [-0.4, -0.2) is 11.9 Å². The molecule has 1 aliphatic heterocycles. The molecule has 1 saturated carbocycles. The lowest BCUT2D eigenvalue weighted by molar-refractivity contribution is -0.157. The molecule has 54 valence electrons. The van der Waals surface area contributed by atoms with Crippen molar-refractivity contribution in [3.63, 3.8) is 0 Å². The summed E-state index contributed by atoms with van der Waals surface area (Å²) >= 11 is 0. The molecule has 1 aliphatic carbocycles. The molecule has 0 amide bonds. The predicted molar refractivity (Wildman–Crippen MR) is 31.9 cm³/mol. The van der Waals surface area contributed by atoms with E-state index in [2.05, 4.69) is 4.74 Å². The second-order valence-electron chi connectivity index (χ2n) is 3.26. The number of carbonyl (C=O) groups excluding carboxylic acids is 2. The molecule has 3 heteroatoms. The third-order valence-corrected chi connectivity index (χ3v) is 2.87. The Hall–Kier alpha value is -0.860. The Morgan fingerprint density at radius 3 is 2.30 bits per heavy atom. The van der Waals surface area contributed by atoms with E-state index in [0.717, 1.165) is 0 Å². The van der Waals surface area contributed by atoms with Gasteiger partial charge in [-0.25, -0.2) is 0 Å². The third kappa shape index (κ3) is 0.365. The van der Waals surface area contributed by atoms with Crippen LogP contribution in [0.25, 0.3) is 0 Å². The van der Waals surface area contributed by atoms with E-state index < -0.39 is 5.41 Å². The van der Waals surface area contributed by atoms with E-state index in [1.807, 2.05) is 6.92 Å². The summed E-state index contributed by atoms with van der Waals surface area (Å²) in [6.45, 7) is 3.69. The summed E-state index contributed by atoms with van der Waals surface area (Å²) in [7, 11) is 0. The Bertz CT molecular complexity index is 233. The molecule has 0 spiro atoms. The van der Waals surface area contributed by atoms with E-state index in [4.69, 9.17) is 0 Å². The van der Waals surface area contributed by atoms with Crippen LogP contribution < -0.4 is 0 Å². The quantitative estimate of drug-likeness (QED) is 0.360. The van der Waals surface area contributed by atoms with Crippen LogP contribution in [0.2, 0.25) is 0 Å². The van der Waals surface area contributed by atoms with Crippen molar-refractivity contribution < 1.29 is 14.3 Å². The highest BCUT2D eigenvalue weighted by Crippen LogP contribution is 2.63. The van der Waals surface area contributed by atoms with E-state index in [1.54, 1.807) is 6.92 Å². The van der Waals surface area contributed by atoms with Gasteiger partial charge in [0.15, 0.2) is 0 Å².